The number of nitrogens with zero attached hydrogens (tertiary/aromatic N) is 2. The van der Waals surface area contributed by atoms with Crippen molar-refractivity contribution in [3.63, 3.8) is 0 Å². The van der Waals surface area contributed by atoms with E-state index in [0.29, 0.717) is 12.1 Å². The molecular weight excluding hydrogens is 212 g/mol. The average Bonchev–Trinajstić information content (AvgIpc) is 2.71. The first-order chi connectivity index (χ1) is 8.11. The molecule has 0 N–H and O–H groups in total. The Morgan fingerprint density at radius 3 is 2.82 bits per heavy atom. The standard InChI is InChI=1S/C14H14N2O/c1-10(2)14(17)9-16-6-5-12-7-11(8-15)3-4-13(12)16/h3-7,10H,9H2,1-2H3. The second-order valence-corrected chi connectivity index (χ2v) is 4.45. The van der Waals surface area contributed by atoms with Crippen molar-refractivity contribution in [2.24, 2.45) is 5.92 Å². The Morgan fingerprint density at radius 1 is 1.41 bits per heavy atom. The summed E-state index contributed by atoms with van der Waals surface area (Å²) in [5.41, 5.74) is 1.64. The Kier molecular flexibility index (Phi) is 2.97. The van der Waals surface area contributed by atoms with Crippen molar-refractivity contribution in [3.05, 3.63) is 36.0 Å². The molecule has 0 saturated heterocycles. The van der Waals surface area contributed by atoms with Crippen LogP contribution in [0.2, 0.25) is 0 Å². The minimum Gasteiger partial charge on any atom is -0.340 e. The number of ketones is 1. The van der Waals surface area contributed by atoms with E-state index in [9.17, 15) is 4.79 Å². The number of carbonyl (C=O) groups excluding carboxylic acids is 1. The van der Waals surface area contributed by atoms with Crippen LogP contribution in [0.4, 0.5) is 0 Å². The van der Waals surface area contributed by atoms with Gasteiger partial charge in [-0.05, 0) is 24.3 Å². The summed E-state index contributed by atoms with van der Waals surface area (Å²) in [4.78, 5) is 11.7. The van der Waals surface area contributed by atoms with Crippen LogP contribution in [0.1, 0.15) is 19.4 Å². The number of aromatic nitrogens is 1. The summed E-state index contributed by atoms with van der Waals surface area (Å²) in [6.45, 7) is 4.21. The third-order valence-corrected chi connectivity index (χ3v) is 2.87. The Bertz CT molecular complexity index is 602. The van der Waals surface area contributed by atoms with Crippen LogP contribution in [0.25, 0.3) is 10.9 Å². The predicted molar refractivity (Wildman–Crippen MR) is 66.5 cm³/mol. The first kappa shape index (κ1) is 11.4. The quantitative estimate of drug-likeness (QED) is 0.807. The molecule has 0 spiro atoms. The fourth-order valence-electron chi connectivity index (χ4n) is 1.76. The highest BCUT2D eigenvalue weighted by molar-refractivity contribution is 5.85. The molecule has 2 aromatic rings. The first-order valence-corrected chi connectivity index (χ1v) is 5.63. The lowest BCUT2D eigenvalue weighted by Gasteiger charge is -2.07. The van der Waals surface area contributed by atoms with E-state index in [1.807, 2.05) is 42.8 Å². The minimum absolute atomic E-state index is 0.0471. The molecule has 0 amide bonds. The molecule has 0 aliphatic rings. The van der Waals surface area contributed by atoms with E-state index in [-0.39, 0.29) is 11.7 Å². The molecule has 1 aromatic heterocycles. The first-order valence-electron chi connectivity index (χ1n) is 5.63. The molecular formula is C14H14N2O. The number of hydrogen-bond acceptors (Lipinski definition) is 2. The Balaban J connectivity index is 2.38. The van der Waals surface area contributed by atoms with Gasteiger partial charge in [-0.25, -0.2) is 0 Å². The summed E-state index contributed by atoms with van der Waals surface area (Å²) in [5, 5.41) is 9.81. The van der Waals surface area contributed by atoms with Gasteiger partial charge in [-0.3, -0.25) is 4.79 Å². The maximum absolute atomic E-state index is 11.7. The van der Waals surface area contributed by atoms with Gasteiger partial charge in [-0.15, -0.1) is 0 Å². The van der Waals surface area contributed by atoms with Gasteiger partial charge >= 0.3 is 0 Å². The van der Waals surface area contributed by atoms with Crippen molar-refractivity contribution < 1.29 is 4.79 Å². The zero-order valence-corrected chi connectivity index (χ0v) is 9.97. The van der Waals surface area contributed by atoms with Gasteiger partial charge in [-0.1, -0.05) is 13.8 Å². The molecule has 0 bridgehead atoms. The average molecular weight is 226 g/mol. The van der Waals surface area contributed by atoms with E-state index in [1.165, 1.54) is 0 Å². The number of Topliss-reactive ketones (excluding diaryl/α,β-unsaturated/α-hetero) is 1. The summed E-state index contributed by atoms with van der Waals surface area (Å²) >= 11 is 0. The lowest BCUT2D eigenvalue weighted by Crippen LogP contribution is -2.14. The smallest absolute Gasteiger partial charge is 0.155 e. The van der Waals surface area contributed by atoms with Crippen LogP contribution in [0.3, 0.4) is 0 Å². The number of fused-ring (bicyclic) bond motifs is 1. The number of rotatable bonds is 3. The molecule has 0 radical (unpaired) electrons. The Labute approximate surface area is 100 Å². The molecule has 0 unspecified atom stereocenters. The maximum Gasteiger partial charge on any atom is 0.155 e. The number of carbonyl (C=O) groups is 1. The van der Waals surface area contributed by atoms with Crippen molar-refractivity contribution in [3.8, 4) is 6.07 Å². The summed E-state index contributed by atoms with van der Waals surface area (Å²) in [6, 6.07) is 9.55. The molecule has 0 aliphatic carbocycles. The molecule has 0 atom stereocenters. The third-order valence-electron chi connectivity index (χ3n) is 2.87. The summed E-state index contributed by atoms with van der Waals surface area (Å²) in [7, 11) is 0. The third kappa shape index (κ3) is 2.21. The molecule has 2 rings (SSSR count). The van der Waals surface area contributed by atoms with Gasteiger partial charge in [0.05, 0.1) is 18.2 Å². The normalized spacial score (nSPS) is 10.7. The van der Waals surface area contributed by atoms with Gasteiger partial charge in [0.25, 0.3) is 0 Å². The van der Waals surface area contributed by atoms with Gasteiger partial charge < -0.3 is 4.57 Å². The molecule has 86 valence electrons. The lowest BCUT2D eigenvalue weighted by molar-refractivity contribution is -0.122. The minimum atomic E-state index is 0.0471. The number of hydrogen-bond donors (Lipinski definition) is 0. The van der Waals surface area contributed by atoms with E-state index in [2.05, 4.69) is 6.07 Å². The molecule has 0 saturated carbocycles. The van der Waals surface area contributed by atoms with Crippen LogP contribution in [0.5, 0.6) is 0 Å². The number of nitriles is 1. The van der Waals surface area contributed by atoms with E-state index in [1.54, 1.807) is 6.07 Å². The van der Waals surface area contributed by atoms with Crippen molar-refractivity contribution in [2.45, 2.75) is 20.4 Å². The van der Waals surface area contributed by atoms with Crippen molar-refractivity contribution in [2.75, 3.05) is 0 Å². The Morgan fingerprint density at radius 2 is 2.18 bits per heavy atom. The largest absolute Gasteiger partial charge is 0.340 e. The second kappa shape index (κ2) is 4.42. The molecule has 3 heteroatoms. The van der Waals surface area contributed by atoms with Crippen molar-refractivity contribution in [1.29, 1.82) is 5.26 Å². The fraction of sp³-hybridized carbons (Fsp3) is 0.286. The zero-order valence-electron chi connectivity index (χ0n) is 9.97. The molecule has 1 heterocycles. The van der Waals surface area contributed by atoms with Gasteiger partial charge in [0, 0.05) is 23.0 Å². The molecule has 0 aliphatic heterocycles. The molecule has 1 aromatic carbocycles. The van der Waals surface area contributed by atoms with Crippen LogP contribution >= 0.6 is 0 Å². The molecule has 17 heavy (non-hydrogen) atoms. The van der Waals surface area contributed by atoms with E-state index < -0.39 is 0 Å². The fourth-order valence-corrected chi connectivity index (χ4v) is 1.76. The van der Waals surface area contributed by atoms with E-state index in [4.69, 9.17) is 5.26 Å². The molecule has 0 fully saturated rings. The van der Waals surface area contributed by atoms with E-state index >= 15 is 0 Å². The van der Waals surface area contributed by atoms with Gasteiger partial charge in [0.15, 0.2) is 5.78 Å². The van der Waals surface area contributed by atoms with Gasteiger partial charge in [-0.2, -0.15) is 5.26 Å². The highest BCUT2D eigenvalue weighted by atomic mass is 16.1. The van der Waals surface area contributed by atoms with Crippen LogP contribution < -0.4 is 0 Å². The summed E-state index contributed by atoms with van der Waals surface area (Å²) in [5.74, 6) is 0.262. The zero-order chi connectivity index (χ0) is 12.4. The van der Waals surface area contributed by atoms with Crippen LogP contribution in [0.15, 0.2) is 30.5 Å². The van der Waals surface area contributed by atoms with Crippen LogP contribution in [-0.2, 0) is 11.3 Å². The summed E-state index contributed by atoms with van der Waals surface area (Å²) < 4.78 is 1.93. The monoisotopic (exact) mass is 226 g/mol. The molecule has 3 nitrogen and oxygen atoms in total. The number of benzene rings is 1. The van der Waals surface area contributed by atoms with Crippen LogP contribution in [-0.4, -0.2) is 10.4 Å². The predicted octanol–water partition coefficient (Wildman–Crippen LogP) is 2.74. The highest BCUT2D eigenvalue weighted by Gasteiger charge is 2.09. The summed E-state index contributed by atoms with van der Waals surface area (Å²) in [6.07, 6.45) is 1.89. The van der Waals surface area contributed by atoms with Gasteiger partial charge in [0.2, 0.25) is 0 Å². The SMILES string of the molecule is CC(C)C(=O)Cn1ccc2cc(C#N)ccc21. The van der Waals surface area contributed by atoms with Crippen molar-refractivity contribution in [1.82, 2.24) is 4.57 Å². The topological polar surface area (TPSA) is 45.8 Å². The van der Waals surface area contributed by atoms with E-state index in [0.717, 1.165) is 10.9 Å². The lowest BCUT2D eigenvalue weighted by atomic mass is 10.1. The maximum atomic E-state index is 11.7. The second-order valence-electron chi connectivity index (χ2n) is 4.45. The van der Waals surface area contributed by atoms with Crippen LogP contribution in [0, 0.1) is 17.2 Å². The Hall–Kier alpha value is -2.08. The van der Waals surface area contributed by atoms with Gasteiger partial charge in [0.1, 0.15) is 0 Å². The highest BCUT2D eigenvalue weighted by Crippen LogP contribution is 2.17. The van der Waals surface area contributed by atoms with Crippen molar-refractivity contribution >= 4 is 16.7 Å².